The summed E-state index contributed by atoms with van der Waals surface area (Å²) in [5, 5.41) is 2.93. The van der Waals surface area contributed by atoms with E-state index in [4.69, 9.17) is 9.47 Å². The fraction of sp³-hybridized carbons (Fsp3) is 0.412. The molecule has 0 aromatic heterocycles. The minimum Gasteiger partial charge on any atom is -0.489 e. The second-order valence-corrected chi connectivity index (χ2v) is 5.79. The summed E-state index contributed by atoms with van der Waals surface area (Å²) in [6.07, 6.45) is 3.51. The highest BCUT2D eigenvalue weighted by molar-refractivity contribution is 6.07. The molecule has 0 saturated carbocycles. The Morgan fingerprint density at radius 3 is 2.64 bits per heavy atom. The van der Waals surface area contributed by atoms with Crippen molar-refractivity contribution >= 4 is 17.6 Å². The zero-order chi connectivity index (χ0) is 16.3. The topological polar surface area (TPSA) is 64.6 Å². The Kier molecular flexibility index (Phi) is 4.54. The summed E-state index contributed by atoms with van der Waals surface area (Å²) < 4.78 is 10.6. The molecule has 0 fully saturated rings. The van der Waals surface area contributed by atoms with Crippen LogP contribution in [0.4, 0.5) is 5.69 Å². The maximum atomic E-state index is 12.1. The molecule has 1 aliphatic heterocycles. The molecule has 0 radical (unpaired) electrons. The van der Waals surface area contributed by atoms with Gasteiger partial charge in [-0.15, -0.1) is 0 Å². The van der Waals surface area contributed by atoms with Crippen LogP contribution in [-0.2, 0) is 19.7 Å². The Bertz CT molecular complexity index is 632. The third-order valence-electron chi connectivity index (χ3n) is 3.69. The molecule has 5 heteroatoms. The number of hydrogen-bond acceptors (Lipinski definition) is 4. The van der Waals surface area contributed by atoms with Crippen molar-refractivity contribution < 1.29 is 19.1 Å². The number of esters is 1. The Morgan fingerprint density at radius 1 is 1.27 bits per heavy atom. The highest BCUT2D eigenvalue weighted by Gasteiger charge is 2.41. The third-order valence-corrected chi connectivity index (χ3v) is 3.69. The SMILES string of the molecule is CC(=O)OC/C=C/COc1ccc(C)c2c1C(C)(C)C(=O)N2. The predicted octanol–water partition coefficient (Wildman–Crippen LogP) is 2.72. The molecule has 1 heterocycles. The first-order chi connectivity index (χ1) is 10.3. The van der Waals surface area contributed by atoms with Crippen molar-refractivity contribution in [1.82, 2.24) is 0 Å². The van der Waals surface area contributed by atoms with E-state index in [9.17, 15) is 9.59 Å². The number of rotatable bonds is 5. The molecule has 0 unspecified atom stereocenters. The number of carbonyl (C=O) groups is 2. The predicted molar refractivity (Wildman–Crippen MR) is 84.1 cm³/mol. The Morgan fingerprint density at radius 2 is 1.95 bits per heavy atom. The monoisotopic (exact) mass is 303 g/mol. The van der Waals surface area contributed by atoms with Crippen LogP contribution in [0, 0.1) is 6.92 Å². The summed E-state index contributed by atoms with van der Waals surface area (Å²) in [6.45, 7) is 7.68. The van der Waals surface area contributed by atoms with Gasteiger partial charge in [-0.05, 0) is 44.6 Å². The lowest BCUT2D eigenvalue weighted by atomic mass is 9.85. The summed E-state index contributed by atoms with van der Waals surface area (Å²) in [5.74, 6) is 0.362. The van der Waals surface area contributed by atoms with Gasteiger partial charge >= 0.3 is 5.97 Å². The van der Waals surface area contributed by atoms with Crippen molar-refractivity contribution in [1.29, 1.82) is 0 Å². The van der Waals surface area contributed by atoms with Gasteiger partial charge < -0.3 is 14.8 Å². The molecule has 0 aliphatic carbocycles. The third kappa shape index (κ3) is 3.13. The molecular weight excluding hydrogens is 282 g/mol. The number of nitrogens with one attached hydrogen (secondary N) is 1. The second kappa shape index (κ2) is 6.22. The van der Waals surface area contributed by atoms with Gasteiger partial charge in [-0.3, -0.25) is 9.59 Å². The normalized spacial score (nSPS) is 15.5. The lowest BCUT2D eigenvalue weighted by Crippen LogP contribution is -2.27. The summed E-state index contributed by atoms with van der Waals surface area (Å²) in [4.78, 5) is 22.7. The standard InChI is InChI=1S/C17H21NO4/c1-11-7-8-13(22-10-6-5-9-21-12(2)19)14-15(11)18-16(20)17(14,3)4/h5-8H,9-10H2,1-4H3,(H,18,20)/b6-5+. The Labute approximate surface area is 130 Å². The number of hydrogen-bond donors (Lipinski definition) is 1. The largest absolute Gasteiger partial charge is 0.489 e. The molecule has 0 spiro atoms. The molecule has 5 nitrogen and oxygen atoms in total. The lowest BCUT2D eigenvalue weighted by Gasteiger charge is -2.19. The van der Waals surface area contributed by atoms with E-state index in [2.05, 4.69) is 5.32 Å². The number of aryl methyl sites for hydroxylation is 1. The highest BCUT2D eigenvalue weighted by Crippen LogP contribution is 2.44. The molecule has 2 rings (SSSR count). The zero-order valence-electron chi connectivity index (χ0n) is 13.4. The average Bonchev–Trinajstić information content (AvgIpc) is 2.68. The number of ether oxygens (including phenoxy) is 2. The maximum Gasteiger partial charge on any atom is 0.302 e. The van der Waals surface area contributed by atoms with E-state index in [1.54, 1.807) is 12.2 Å². The fourth-order valence-electron chi connectivity index (χ4n) is 2.41. The molecule has 1 aliphatic rings. The van der Waals surface area contributed by atoms with E-state index in [0.717, 1.165) is 16.8 Å². The van der Waals surface area contributed by atoms with Crippen molar-refractivity contribution in [2.45, 2.75) is 33.1 Å². The van der Waals surface area contributed by atoms with Gasteiger partial charge in [-0.25, -0.2) is 0 Å². The van der Waals surface area contributed by atoms with Crippen LogP contribution >= 0.6 is 0 Å². The molecule has 118 valence electrons. The van der Waals surface area contributed by atoms with E-state index in [1.165, 1.54) is 6.92 Å². The van der Waals surface area contributed by atoms with E-state index in [0.29, 0.717) is 12.4 Å². The maximum absolute atomic E-state index is 12.1. The van der Waals surface area contributed by atoms with E-state index in [-0.39, 0.29) is 18.5 Å². The number of benzene rings is 1. The Hall–Kier alpha value is -2.30. The average molecular weight is 303 g/mol. The van der Waals surface area contributed by atoms with Crippen molar-refractivity contribution in [3.8, 4) is 5.75 Å². The van der Waals surface area contributed by atoms with Crippen molar-refractivity contribution in [2.75, 3.05) is 18.5 Å². The first-order valence-corrected chi connectivity index (χ1v) is 7.20. The van der Waals surface area contributed by atoms with Gasteiger partial charge in [0.15, 0.2) is 0 Å². The van der Waals surface area contributed by atoms with Crippen LogP contribution in [0.25, 0.3) is 0 Å². The smallest absolute Gasteiger partial charge is 0.302 e. The van der Waals surface area contributed by atoms with Gasteiger partial charge in [-0.2, -0.15) is 0 Å². The molecule has 1 amide bonds. The molecule has 1 aromatic carbocycles. The summed E-state index contributed by atoms with van der Waals surface area (Å²) in [6, 6.07) is 3.81. The first-order valence-electron chi connectivity index (χ1n) is 7.20. The van der Waals surface area contributed by atoms with Gasteiger partial charge in [0.25, 0.3) is 0 Å². The molecule has 1 aromatic rings. The van der Waals surface area contributed by atoms with Crippen LogP contribution in [-0.4, -0.2) is 25.1 Å². The van der Waals surface area contributed by atoms with Gasteiger partial charge in [-0.1, -0.05) is 6.07 Å². The van der Waals surface area contributed by atoms with Crippen LogP contribution in [0.1, 0.15) is 31.9 Å². The van der Waals surface area contributed by atoms with Crippen LogP contribution < -0.4 is 10.1 Å². The molecular formula is C17H21NO4. The van der Waals surface area contributed by atoms with Gasteiger partial charge in [0, 0.05) is 12.5 Å². The highest BCUT2D eigenvalue weighted by atomic mass is 16.5. The quantitative estimate of drug-likeness (QED) is 0.671. The van der Waals surface area contributed by atoms with E-state index >= 15 is 0 Å². The summed E-state index contributed by atoms with van der Waals surface area (Å²) in [7, 11) is 0. The number of fused-ring (bicyclic) bond motifs is 1. The van der Waals surface area contributed by atoms with E-state index < -0.39 is 5.41 Å². The van der Waals surface area contributed by atoms with Crippen molar-refractivity contribution in [3.05, 3.63) is 35.4 Å². The van der Waals surface area contributed by atoms with Crippen molar-refractivity contribution in [3.63, 3.8) is 0 Å². The molecule has 0 saturated heterocycles. The molecule has 0 bridgehead atoms. The number of carbonyl (C=O) groups excluding carboxylic acids is 2. The molecule has 22 heavy (non-hydrogen) atoms. The molecule has 0 atom stereocenters. The lowest BCUT2D eigenvalue weighted by molar-refractivity contribution is -0.139. The Balaban J connectivity index is 2.09. The van der Waals surface area contributed by atoms with Crippen molar-refractivity contribution in [2.24, 2.45) is 0 Å². The number of anilines is 1. The van der Waals surface area contributed by atoms with Gasteiger partial charge in [0.1, 0.15) is 19.0 Å². The van der Waals surface area contributed by atoms with Gasteiger partial charge in [0.2, 0.25) is 5.91 Å². The molecule has 1 N–H and O–H groups in total. The summed E-state index contributed by atoms with van der Waals surface area (Å²) in [5.41, 5.74) is 2.15. The van der Waals surface area contributed by atoms with Crippen LogP contribution in [0.2, 0.25) is 0 Å². The van der Waals surface area contributed by atoms with E-state index in [1.807, 2.05) is 32.9 Å². The minimum atomic E-state index is -0.613. The second-order valence-electron chi connectivity index (χ2n) is 5.79. The minimum absolute atomic E-state index is 0.0212. The van der Waals surface area contributed by atoms with Crippen LogP contribution in [0.15, 0.2) is 24.3 Å². The van der Waals surface area contributed by atoms with Crippen LogP contribution in [0.3, 0.4) is 0 Å². The number of amides is 1. The van der Waals surface area contributed by atoms with Crippen LogP contribution in [0.5, 0.6) is 5.75 Å². The fourth-order valence-corrected chi connectivity index (χ4v) is 2.41. The van der Waals surface area contributed by atoms with Gasteiger partial charge in [0.05, 0.1) is 11.1 Å². The summed E-state index contributed by atoms with van der Waals surface area (Å²) >= 11 is 0. The first kappa shape index (κ1) is 16.1. The zero-order valence-corrected chi connectivity index (χ0v) is 13.4.